The van der Waals surface area contributed by atoms with Crippen LogP contribution >= 0.6 is 0 Å². The third-order valence-electron chi connectivity index (χ3n) is 3.86. The summed E-state index contributed by atoms with van der Waals surface area (Å²) in [6, 6.07) is 2.89. The second kappa shape index (κ2) is 6.39. The topological polar surface area (TPSA) is 113 Å². The Morgan fingerprint density at radius 2 is 1.84 bits per heavy atom. The molecule has 25 heavy (non-hydrogen) atoms. The van der Waals surface area contributed by atoms with Crippen molar-refractivity contribution in [1.29, 1.82) is 0 Å². The fourth-order valence-electron chi connectivity index (χ4n) is 2.09. The number of hydrogen-bond acceptors (Lipinski definition) is 5. The smallest absolute Gasteiger partial charge is 0.322 e. The van der Waals surface area contributed by atoms with Gasteiger partial charge in [0.25, 0.3) is 11.8 Å². The van der Waals surface area contributed by atoms with E-state index < -0.39 is 43.9 Å². The van der Waals surface area contributed by atoms with Crippen LogP contribution in [0.2, 0.25) is 0 Å². The van der Waals surface area contributed by atoms with Crippen molar-refractivity contribution in [3.8, 4) is 0 Å². The molecule has 2 N–H and O–H groups in total. The number of hydrazine groups is 1. The summed E-state index contributed by atoms with van der Waals surface area (Å²) in [5.41, 5.74) is 0.849. The maximum absolute atomic E-state index is 12.5. The number of halogens is 2. The summed E-state index contributed by atoms with van der Waals surface area (Å²) in [5.74, 6) is -5.10. The van der Waals surface area contributed by atoms with Gasteiger partial charge in [-0.1, -0.05) is 6.92 Å². The van der Waals surface area contributed by atoms with Crippen molar-refractivity contribution in [1.82, 2.24) is 15.8 Å². The van der Waals surface area contributed by atoms with E-state index in [9.17, 15) is 31.6 Å². The van der Waals surface area contributed by atoms with Crippen LogP contribution in [0.3, 0.4) is 0 Å². The number of nitrogens with one attached hydrogen (secondary N) is 2. The molecule has 136 valence electrons. The van der Waals surface area contributed by atoms with Crippen molar-refractivity contribution < 1.29 is 31.6 Å². The first kappa shape index (κ1) is 18.8. The molecule has 11 heteroatoms. The Hall–Kier alpha value is -2.56. The molecule has 1 heterocycles. The zero-order chi connectivity index (χ0) is 19.0. The lowest BCUT2D eigenvalue weighted by atomic mass is 10.00. The van der Waals surface area contributed by atoms with E-state index in [4.69, 9.17) is 0 Å². The molecule has 0 aromatic heterocycles. The molecule has 2 rings (SSSR count). The summed E-state index contributed by atoms with van der Waals surface area (Å²) in [7, 11) is -4.77. The number of carbonyl (C=O) groups excluding carboxylic acids is 3. The second-order valence-corrected chi connectivity index (χ2v) is 7.45. The van der Waals surface area contributed by atoms with Gasteiger partial charge in [-0.15, -0.1) is 0 Å². The Labute approximate surface area is 142 Å². The highest BCUT2D eigenvalue weighted by molar-refractivity contribution is 7.91. The van der Waals surface area contributed by atoms with Crippen molar-refractivity contribution in [2.45, 2.75) is 36.5 Å². The first-order chi connectivity index (χ1) is 11.5. The quantitative estimate of drug-likeness (QED) is 0.747. The third kappa shape index (κ3) is 3.31. The molecule has 1 aromatic carbocycles. The van der Waals surface area contributed by atoms with Crippen molar-refractivity contribution in [3.05, 3.63) is 29.8 Å². The van der Waals surface area contributed by atoms with Gasteiger partial charge < -0.3 is 5.32 Å². The summed E-state index contributed by atoms with van der Waals surface area (Å²) in [4.78, 5) is 35.4. The molecule has 1 fully saturated rings. The molecule has 1 saturated heterocycles. The van der Waals surface area contributed by atoms with E-state index in [2.05, 4.69) is 10.7 Å². The zero-order valence-electron chi connectivity index (χ0n) is 13.2. The fraction of sp³-hybridized carbons (Fsp3) is 0.357. The van der Waals surface area contributed by atoms with Crippen molar-refractivity contribution in [3.63, 3.8) is 0 Å². The monoisotopic (exact) mass is 375 g/mol. The molecular formula is C14H15F2N3O5S. The van der Waals surface area contributed by atoms with Crippen LogP contribution in [0.5, 0.6) is 0 Å². The predicted octanol–water partition coefficient (Wildman–Crippen LogP) is 1.05. The zero-order valence-corrected chi connectivity index (χ0v) is 14.1. The van der Waals surface area contributed by atoms with Crippen LogP contribution in [0.25, 0.3) is 0 Å². The number of sulfone groups is 1. The van der Waals surface area contributed by atoms with Crippen LogP contribution in [0.4, 0.5) is 13.6 Å². The number of hydrogen-bond donors (Lipinski definition) is 2. The molecule has 0 aliphatic carbocycles. The molecule has 1 aliphatic heterocycles. The van der Waals surface area contributed by atoms with Crippen LogP contribution < -0.4 is 10.7 Å². The number of alkyl halides is 2. The van der Waals surface area contributed by atoms with E-state index in [1.54, 1.807) is 6.92 Å². The number of imide groups is 1. The normalized spacial score (nSPS) is 20.8. The largest absolute Gasteiger partial charge is 0.344 e. The van der Waals surface area contributed by atoms with E-state index in [1.807, 2.05) is 0 Å². The molecule has 1 atom stereocenters. The first-order valence-electron chi connectivity index (χ1n) is 7.12. The highest BCUT2D eigenvalue weighted by Gasteiger charge is 2.47. The standard InChI is InChI=1S/C14H15F2N3O5S/c1-3-14(2)11(21)19(13(22)17-14)18-10(20)8-4-6-9(7-5-8)25(23,24)12(15)16/h4-7,12H,3H2,1-2H3,(H,17,22)(H,18,20)/t14-/m1/s1. The van der Waals surface area contributed by atoms with Gasteiger partial charge in [0.15, 0.2) is 0 Å². The lowest BCUT2D eigenvalue weighted by Crippen LogP contribution is -2.48. The highest BCUT2D eigenvalue weighted by atomic mass is 32.2. The predicted molar refractivity (Wildman–Crippen MR) is 81.2 cm³/mol. The summed E-state index contributed by atoms with van der Waals surface area (Å²) >= 11 is 0. The van der Waals surface area contributed by atoms with Gasteiger partial charge in [0.05, 0.1) is 4.90 Å². The van der Waals surface area contributed by atoms with Gasteiger partial charge in [0.1, 0.15) is 5.54 Å². The Balaban J connectivity index is 2.17. The molecule has 0 bridgehead atoms. The maximum Gasteiger partial charge on any atom is 0.344 e. The lowest BCUT2D eigenvalue weighted by Gasteiger charge is -2.19. The minimum atomic E-state index is -4.77. The molecular weight excluding hydrogens is 360 g/mol. The van der Waals surface area contributed by atoms with Gasteiger partial charge in [-0.2, -0.15) is 13.8 Å². The van der Waals surface area contributed by atoms with E-state index in [-0.39, 0.29) is 5.56 Å². The highest BCUT2D eigenvalue weighted by Crippen LogP contribution is 2.21. The van der Waals surface area contributed by atoms with Crippen molar-refractivity contribution in [2.24, 2.45) is 0 Å². The van der Waals surface area contributed by atoms with E-state index in [0.29, 0.717) is 11.4 Å². The Kier molecular flexibility index (Phi) is 4.80. The van der Waals surface area contributed by atoms with Crippen LogP contribution in [0.1, 0.15) is 30.6 Å². The van der Waals surface area contributed by atoms with Gasteiger partial charge in [-0.05, 0) is 37.6 Å². The van der Waals surface area contributed by atoms with E-state index in [1.165, 1.54) is 6.92 Å². The van der Waals surface area contributed by atoms with E-state index in [0.717, 1.165) is 24.3 Å². The summed E-state index contributed by atoms with van der Waals surface area (Å²) in [6.45, 7) is 3.19. The van der Waals surface area contributed by atoms with Crippen molar-refractivity contribution >= 4 is 27.7 Å². The molecule has 0 unspecified atom stereocenters. The summed E-state index contributed by atoms with van der Waals surface area (Å²) in [5, 5.41) is 2.96. The van der Waals surface area contributed by atoms with Crippen LogP contribution in [-0.2, 0) is 14.6 Å². The second-order valence-electron chi connectivity index (χ2n) is 5.53. The van der Waals surface area contributed by atoms with Crippen LogP contribution in [0, 0.1) is 0 Å². The fourth-order valence-corrected chi connectivity index (χ4v) is 2.81. The van der Waals surface area contributed by atoms with Crippen molar-refractivity contribution in [2.75, 3.05) is 0 Å². The number of benzene rings is 1. The molecule has 0 radical (unpaired) electrons. The number of rotatable bonds is 5. The third-order valence-corrected chi connectivity index (χ3v) is 5.26. The van der Waals surface area contributed by atoms with Gasteiger partial charge >= 0.3 is 11.8 Å². The van der Waals surface area contributed by atoms with Gasteiger partial charge in [-0.3, -0.25) is 15.0 Å². The molecule has 1 aromatic rings. The van der Waals surface area contributed by atoms with Crippen LogP contribution in [0.15, 0.2) is 29.2 Å². The van der Waals surface area contributed by atoms with Gasteiger partial charge in [-0.25, -0.2) is 13.2 Å². The Bertz CT molecular complexity index is 825. The average molecular weight is 375 g/mol. The Morgan fingerprint density at radius 3 is 2.28 bits per heavy atom. The number of nitrogens with zero attached hydrogens (tertiary/aromatic N) is 1. The minimum absolute atomic E-state index is 0.112. The average Bonchev–Trinajstić information content (AvgIpc) is 2.78. The number of carbonyl (C=O) groups is 3. The molecule has 8 nitrogen and oxygen atoms in total. The number of urea groups is 1. The van der Waals surface area contributed by atoms with Crippen LogP contribution in [-0.4, -0.2) is 42.6 Å². The molecule has 0 saturated carbocycles. The lowest BCUT2D eigenvalue weighted by molar-refractivity contribution is -0.132. The SMILES string of the molecule is CC[C@@]1(C)NC(=O)N(NC(=O)c2ccc(S(=O)(=O)C(F)F)cc2)C1=O. The molecule has 0 spiro atoms. The Morgan fingerprint density at radius 1 is 1.28 bits per heavy atom. The van der Waals surface area contributed by atoms with Gasteiger partial charge in [0, 0.05) is 5.56 Å². The maximum atomic E-state index is 12.5. The number of amides is 4. The molecule has 4 amide bonds. The summed E-state index contributed by atoms with van der Waals surface area (Å²) in [6.07, 6.45) is 0.310. The summed E-state index contributed by atoms with van der Waals surface area (Å²) < 4.78 is 47.6. The minimum Gasteiger partial charge on any atom is -0.322 e. The van der Waals surface area contributed by atoms with Gasteiger partial charge in [0.2, 0.25) is 9.84 Å². The van der Waals surface area contributed by atoms with E-state index >= 15 is 0 Å². The first-order valence-corrected chi connectivity index (χ1v) is 8.67. The molecule has 1 aliphatic rings.